The van der Waals surface area contributed by atoms with Gasteiger partial charge in [-0.25, -0.2) is 9.97 Å². The van der Waals surface area contributed by atoms with Gasteiger partial charge in [0, 0.05) is 31.2 Å². The summed E-state index contributed by atoms with van der Waals surface area (Å²) in [4.78, 5) is 12.4. The van der Waals surface area contributed by atoms with Crippen molar-refractivity contribution in [3.05, 3.63) is 36.8 Å². The second-order valence-corrected chi connectivity index (χ2v) is 2.63. The number of hydrogen-bond donors (Lipinski definition) is 0. The summed E-state index contributed by atoms with van der Waals surface area (Å²) >= 11 is 0. The molecule has 0 amide bonds. The number of aryl methyl sites for hydroxylation is 1. The van der Waals surface area contributed by atoms with E-state index in [1.807, 2.05) is 10.8 Å². The summed E-state index contributed by atoms with van der Waals surface area (Å²) < 4.78 is 1.94. The normalized spacial score (nSPS) is 10.2. The molecule has 2 heterocycles. The zero-order chi connectivity index (χ0) is 9.10. The molecule has 0 aliphatic carbocycles. The fourth-order valence-electron chi connectivity index (χ4n) is 1.22. The minimum absolute atomic E-state index is 0.817. The highest BCUT2D eigenvalue weighted by atomic mass is 15.1. The molecule has 4 heteroatoms. The zero-order valence-electron chi connectivity index (χ0n) is 7.38. The third-order valence-electron chi connectivity index (χ3n) is 1.83. The van der Waals surface area contributed by atoms with Crippen LogP contribution in [0.15, 0.2) is 31.0 Å². The van der Waals surface area contributed by atoms with Crippen molar-refractivity contribution in [3.63, 3.8) is 0 Å². The van der Waals surface area contributed by atoms with Gasteiger partial charge in [-0.15, -0.1) is 0 Å². The van der Waals surface area contributed by atoms with Crippen LogP contribution >= 0.6 is 0 Å². The Hall–Kier alpha value is -1.71. The Morgan fingerprint density at radius 2 is 2.15 bits per heavy atom. The molecule has 0 aliphatic rings. The van der Waals surface area contributed by atoms with Gasteiger partial charge in [-0.2, -0.15) is 0 Å². The monoisotopic (exact) mass is 174 g/mol. The van der Waals surface area contributed by atoms with Crippen LogP contribution < -0.4 is 0 Å². The average molecular weight is 174 g/mol. The van der Waals surface area contributed by atoms with Crippen molar-refractivity contribution in [3.8, 4) is 5.82 Å². The number of imidazole rings is 1. The summed E-state index contributed by atoms with van der Waals surface area (Å²) in [5, 5.41) is 0. The van der Waals surface area contributed by atoms with Gasteiger partial charge in [-0.1, -0.05) is 6.92 Å². The molecule has 0 aromatic carbocycles. The fourth-order valence-corrected chi connectivity index (χ4v) is 1.22. The van der Waals surface area contributed by atoms with E-state index in [0.717, 1.165) is 18.1 Å². The Labute approximate surface area is 76.3 Å². The van der Waals surface area contributed by atoms with E-state index in [2.05, 4.69) is 21.9 Å². The highest BCUT2D eigenvalue weighted by Crippen LogP contribution is 2.05. The highest BCUT2D eigenvalue weighted by Gasteiger charge is 2.02. The molecule has 0 fully saturated rings. The van der Waals surface area contributed by atoms with Crippen LogP contribution in [0.4, 0.5) is 0 Å². The predicted octanol–water partition coefficient (Wildman–Crippen LogP) is 1.22. The summed E-state index contributed by atoms with van der Waals surface area (Å²) in [5.74, 6) is 1.82. The first kappa shape index (κ1) is 7.91. The maximum atomic E-state index is 4.21. The number of nitrogens with zero attached hydrogens (tertiary/aromatic N) is 4. The van der Waals surface area contributed by atoms with E-state index in [1.54, 1.807) is 24.8 Å². The van der Waals surface area contributed by atoms with E-state index in [0.29, 0.717) is 0 Å². The maximum absolute atomic E-state index is 4.21. The molecule has 0 bridgehead atoms. The highest BCUT2D eigenvalue weighted by molar-refractivity contribution is 5.20. The summed E-state index contributed by atoms with van der Waals surface area (Å²) in [6.45, 7) is 2.06. The van der Waals surface area contributed by atoms with E-state index >= 15 is 0 Å². The molecule has 0 N–H and O–H groups in total. The molecule has 66 valence electrons. The largest absolute Gasteiger partial charge is 0.287 e. The van der Waals surface area contributed by atoms with Crippen LogP contribution in [0, 0.1) is 0 Å². The molecule has 13 heavy (non-hydrogen) atoms. The van der Waals surface area contributed by atoms with Crippen molar-refractivity contribution in [2.75, 3.05) is 0 Å². The summed E-state index contributed by atoms with van der Waals surface area (Å²) in [7, 11) is 0. The molecule has 0 radical (unpaired) electrons. The second kappa shape index (κ2) is 3.35. The minimum Gasteiger partial charge on any atom is -0.287 e. The topological polar surface area (TPSA) is 43.6 Å². The molecule has 0 aliphatic heterocycles. The lowest BCUT2D eigenvalue weighted by Gasteiger charge is -2.02. The van der Waals surface area contributed by atoms with Gasteiger partial charge in [0.05, 0.1) is 6.20 Å². The molecule has 2 aromatic heterocycles. The Bertz CT molecular complexity index is 380. The first-order valence-corrected chi connectivity index (χ1v) is 4.20. The molecular weight excluding hydrogens is 164 g/mol. The lowest BCUT2D eigenvalue weighted by Crippen LogP contribution is -2.01. The lowest BCUT2D eigenvalue weighted by atomic mass is 10.4. The van der Waals surface area contributed by atoms with Crippen molar-refractivity contribution >= 4 is 0 Å². The third-order valence-corrected chi connectivity index (χ3v) is 1.83. The van der Waals surface area contributed by atoms with Crippen molar-refractivity contribution < 1.29 is 0 Å². The van der Waals surface area contributed by atoms with Crippen LogP contribution in [0.25, 0.3) is 5.82 Å². The van der Waals surface area contributed by atoms with Crippen molar-refractivity contribution in [2.45, 2.75) is 13.3 Å². The van der Waals surface area contributed by atoms with E-state index in [4.69, 9.17) is 0 Å². The van der Waals surface area contributed by atoms with Gasteiger partial charge in [-0.3, -0.25) is 9.55 Å². The van der Waals surface area contributed by atoms with Crippen LogP contribution in [0.2, 0.25) is 0 Å². The van der Waals surface area contributed by atoms with Gasteiger partial charge in [0.25, 0.3) is 0 Å². The van der Waals surface area contributed by atoms with Crippen LogP contribution in [-0.4, -0.2) is 19.5 Å². The second-order valence-electron chi connectivity index (χ2n) is 2.63. The first-order valence-electron chi connectivity index (χ1n) is 4.20. The van der Waals surface area contributed by atoms with Crippen LogP contribution in [0.3, 0.4) is 0 Å². The molecule has 2 aromatic rings. The average Bonchev–Trinajstić information content (AvgIpc) is 2.67. The maximum Gasteiger partial charge on any atom is 0.156 e. The molecule has 0 unspecified atom stereocenters. The summed E-state index contributed by atoms with van der Waals surface area (Å²) in [6.07, 6.45) is 9.61. The molecular formula is C9H10N4. The molecule has 0 spiro atoms. The molecule has 4 nitrogen and oxygen atoms in total. The van der Waals surface area contributed by atoms with E-state index in [1.165, 1.54) is 0 Å². The van der Waals surface area contributed by atoms with Crippen LogP contribution in [-0.2, 0) is 6.42 Å². The third kappa shape index (κ3) is 1.42. The van der Waals surface area contributed by atoms with E-state index < -0.39 is 0 Å². The Balaban J connectivity index is 2.47. The SMILES string of the molecule is CCc1nccn1-c1cnccn1. The van der Waals surface area contributed by atoms with E-state index in [-0.39, 0.29) is 0 Å². The van der Waals surface area contributed by atoms with Gasteiger partial charge >= 0.3 is 0 Å². The van der Waals surface area contributed by atoms with Gasteiger partial charge in [0.15, 0.2) is 5.82 Å². The van der Waals surface area contributed by atoms with Crippen molar-refractivity contribution in [1.82, 2.24) is 19.5 Å². The molecule has 0 saturated heterocycles. The number of aromatic nitrogens is 4. The van der Waals surface area contributed by atoms with Crippen molar-refractivity contribution in [1.29, 1.82) is 0 Å². The smallest absolute Gasteiger partial charge is 0.156 e. The van der Waals surface area contributed by atoms with Gasteiger partial charge in [0.1, 0.15) is 5.82 Å². The minimum atomic E-state index is 0.817. The van der Waals surface area contributed by atoms with Crippen molar-refractivity contribution in [2.24, 2.45) is 0 Å². The van der Waals surface area contributed by atoms with E-state index in [9.17, 15) is 0 Å². The standard InChI is InChI=1S/C9H10N4/c1-2-8-12-5-6-13(8)9-7-10-3-4-11-9/h3-7H,2H2,1H3. The van der Waals surface area contributed by atoms with Crippen LogP contribution in [0.1, 0.15) is 12.7 Å². The molecule has 0 atom stereocenters. The van der Waals surface area contributed by atoms with Gasteiger partial charge < -0.3 is 0 Å². The number of hydrogen-bond acceptors (Lipinski definition) is 3. The van der Waals surface area contributed by atoms with Gasteiger partial charge in [-0.05, 0) is 0 Å². The fraction of sp³-hybridized carbons (Fsp3) is 0.222. The molecule has 0 saturated carbocycles. The first-order chi connectivity index (χ1) is 6.42. The van der Waals surface area contributed by atoms with Gasteiger partial charge in [0.2, 0.25) is 0 Å². The Kier molecular flexibility index (Phi) is 2.04. The predicted molar refractivity (Wildman–Crippen MR) is 48.5 cm³/mol. The zero-order valence-corrected chi connectivity index (χ0v) is 7.38. The summed E-state index contributed by atoms with van der Waals surface area (Å²) in [6, 6.07) is 0. The Morgan fingerprint density at radius 3 is 2.85 bits per heavy atom. The number of rotatable bonds is 2. The molecule has 2 rings (SSSR count). The quantitative estimate of drug-likeness (QED) is 0.687. The Morgan fingerprint density at radius 1 is 1.23 bits per heavy atom. The van der Waals surface area contributed by atoms with Crippen LogP contribution in [0.5, 0.6) is 0 Å². The summed E-state index contributed by atoms with van der Waals surface area (Å²) in [5.41, 5.74) is 0. The lowest BCUT2D eigenvalue weighted by molar-refractivity contribution is 0.860.